The van der Waals surface area contributed by atoms with Gasteiger partial charge >= 0.3 is 0 Å². The molecule has 7 heteroatoms. The molecule has 2 aromatic rings. The molecule has 0 saturated carbocycles. The van der Waals surface area contributed by atoms with Crippen LogP contribution in [0.5, 0.6) is 0 Å². The first-order valence-corrected chi connectivity index (χ1v) is 12.1. The first-order chi connectivity index (χ1) is 13.4. The molecule has 150 valence electrons. The molecular formula is C21H26N2O3S2. The Kier molecular flexibility index (Phi) is 6.80. The SMILES string of the molecule is CSc1ccc(S(=O)(=O)N2CCC(C(=O)N[C@@H](C)c3ccccc3)CC2)cc1. The molecule has 0 unspecified atom stereocenters. The fourth-order valence-corrected chi connectivity index (χ4v) is 5.29. The van der Waals surface area contributed by atoms with Crippen LogP contribution in [0.3, 0.4) is 0 Å². The van der Waals surface area contributed by atoms with E-state index in [0.29, 0.717) is 30.8 Å². The van der Waals surface area contributed by atoms with Crippen molar-refractivity contribution in [3.05, 3.63) is 60.2 Å². The van der Waals surface area contributed by atoms with Gasteiger partial charge in [0.25, 0.3) is 0 Å². The zero-order valence-corrected chi connectivity index (χ0v) is 17.8. The van der Waals surface area contributed by atoms with Gasteiger partial charge in [-0.25, -0.2) is 8.42 Å². The molecule has 1 aliphatic rings. The average Bonchev–Trinajstić information content (AvgIpc) is 2.74. The molecule has 3 rings (SSSR count). The summed E-state index contributed by atoms with van der Waals surface area (Å²) in [5.74, 6) is -0.158. The first-order valence-electron chi connectivity index (χ1n) is 9.41. The molecule has 1 aliphatic heterocycles. The number of hydrogen-bond donors (Lipinski definition) is 1. The van der Waals surface area contributed by atoms with Crippen LogP contribution in [0, 0.1) is 5.92 Å². The molecule has 1 heterocycles. The lowest BCUT2D eigenvalue weighted by Gasteiger charge is -2.31. The summed E-state index contributed by atoms with van der Waals surface area (Å²) in [6.07, 6.45) is 3.03. The molecule has 0 aromatic heterocycles. The third-order valence-corrected chi connectivity index (χ3v) is 7.84. The van der Waals surface area contributed by atoms with Crippen LogP contribution in [0.4, 0.5) is 0 Å². The van der Waals surface area contributed by atoms with Gasteiger partial charge in [0.2, 0.25) is 15.9 Å². The number of sulfonamides is 1. The minimum Gasteiger partial charge on any atom is -0.349 e. The van der Waals surface area contributed by atoms with Gasteiger partial charge < -0.3 is 5.32 Å². The second-order valence-corrected chi connectivity index (χ2v) is 9.81. The summed E-state index contributed by atoms with van der Waals surface area (Å²) >= 11 is 1.58. The molecule has 0 aliphatic carbocycles. The summed E-state index contributed by atoms with van der Waals surface area (Å²) in [5, 5.41) is 3.05. The maximum absolute atomic E-state index is 12.8. The van der Waals surface area contributed by atoms with Crippen LogP contribution < -0.4 is 5.32 Å². The Morgan fingerprint density at radius 2 is 1.68 bits per heavy atom. The summed E-state index contributed by atoms with van der Waals surface area (Å²) in [6.45, 7) is 2.69. The molecular weight excluding hydrogens is 392 g/mol. The Morgan fingerprint density at radius 3 is 2.25 bits per heavy atom. The lowest BCUT2D eigenvalue weighted by Crippen LogP contribution is -2.43. The Hall–Kier alpha value is -1.83. The van der Waals surface area contributed by atoms with Gasteiger partial charge in [-0.2, -0.15) is 4.31 Å². The molecule has 1 fully saturated rings. The highest BCUT2D eigenvalue weighted by Crippen LogP contribution is 2.26. The van der Waals surface area contributed by atoms with E-state index in [9.17, 15) is 13.2 Å². The highest BCUT2D eigenvalue weighted by atomic mass is 32.2. The Bertz CT molecular complexity index is 891. The molecule has 28 heavy (non-hydrogen) atoms. The maximum atomic E-state index is 12.8. The number of carbonyl (C=O) groups excluding carboxylic acids is 1. The van der Waals surface area contributed by atoms with Crippen LogP contribution >= 0.6 is 11.8 Å². The quantitative estimate of drug-likeness (QED) is 0.727. The van der Waals surface area contributed by atoms with Crippen molar-refractivity contribution in [2.75, 3.05) is 19.3 Å². The lowest BCUT2D eigenvalue weighted by molar-refractivity contribution is -0.126. The maximum Gasteiger partial charge on any atom is 0.243 e. The van der Waals surface area contributed by atoms with Gasteiger partial charge in [-0.05, 0) is 55.9 Å². The zero-order valence-electron chi connectivity index (χ0n) is 16.2. The number of piperidine rings is 1. The largest absolute Gasteiger partial charge is 0.349 e. The molecule has 0 spiro atoms. The molecule has 5 nitrogen and oxygen atoms in total. The Labute approximate surface area is 171 Å². The van der Waals surface area contributed by atoms with Crippen molar-refractivity contribution < 1.29 is 13.2 Å². The van der Waals surface area contributed by atoms with E-state index in [4.69, 9.17) is 0 Å². The van der Waals surface area contributed by atoms with Crippen molar-refractivity contribution in [3.63, 3.8) is 0 Å². The van der Waals surface area contributed by atoms with E-state index in [0.717, 1.165) is 10.5 Å². The monoisotopic (exact) mass is 418 g/mol. The molecule has 1 atom stereocenters. The number of benzene rings is 2. The van der Waals surface area contributed by atoms with Crippen LogP contribution in [0.2, 0.25) is 0 Å². The van der Waals surface area contributed by atoms with Crippen LogP contribution in [0.1, 0.15) is 31.4 Å². The van der Waals surface area contributed by atoms with Crippen molar-refractivity contribution >= 4 is 27.7 Å². The Balaban J connectivity index is 1.58. The highest BCUT2D eigenvalue weighted by molar-refractivity contribution is 7.98. The van der Waals surface area contributed by atoms with Gasteiger partial charge in [-0.3, -0.25) is 4.79 Å². The minimum atomic E-state index is -3.51. The molecule has 1 N–H and O–H groups in total. The predicted octanol–water partition coefficient (Wildman–Crippen LogP) is 3.69. The topological polar surface area (TPSA) is 66.5 Å². The average molecular weight is 419 g/mol. The minimum absolute atomic E-state index is 0.00211. The van der Waals surface area contributed by atoms with E-state index < -0.39 is 10.0 Å². The van der Waals surface area contributed by atoms with Gasteiger partial charge in [-0.15, -0.1) is 11.8 Å². The number of thioether (sulfide) groups is 1. The third kappa shape index (κ3) is 4.77. The number of amides is 1. The van der Waals surface area contributed by atoms with Crippen LogP contribution in [0.25, 0.3) is 0 Å². The molecule has 2 aromatic carbocycles. The Morgan fingerprint density at radius 1 is 1.07 bits per heavy atom. The number of rotatable bonds is 6. The van der Waals surface area contributed by atoms with E-state index in [2.05, 4.69) is 5.32 Å². The van der Waals surface area contributed by atoms with E-state index in [1.54, 1.807) is 23.9 Å². The van der Waals surface area contributed by atoms with E-state index in [1.165, 1.54) is 4.31 Å². The number of carbonyl (C=O) groups is 1. The van der Waals surface area contributed by atoms with Crippen LogP contribution in [-0.2, 0) is 14.8 Å². The number of nitrogens with one attached hydrogen (secondary N) is 1. The normalized spacial score (nSPS) is 17.2. The zero-order chi connectivity index (χ0) is 20.1. The van der Waals surface area contributed by atoms with Gasteiger partial charge in [-0.1, -0.05) is 30.3 Å². The lowest BCUT2D eigenvalue weighted by atomic mass is 9.96. The second-order valence-electron chi connectivity index (χ2n) is 6.99. The van der Waals surface area contributed by atoms with E-state index in [-0.39, 0.29) is 17.9 Å². The van der Waals surface area contributed by atoms with Crippen molar-refractivity contribution in [2.24, 2.45) is 5.92 Å². The molecule has 1 amide bonds. The smallest absolute Gasteiger partial charge is 0.243 e. The molecule has 0 radical (unpaired) electrons. The summed E-state index contributed by atoms with van der Waals surface area (Å²) < 4.78 is 27.2. The van der Waals surface area contributed by atoms with Crippen molar-refractivity contribution in [1.29, 1.82) is 0 Å². The van der Waals surface area contributed by atoms with Gasteiger partial charge in [0.1, 0.15) is 0 Å². The first kappa shape index (κ1) is 20.9. The summed E-state index contributed by atoms with van der Waals surface area (Å²) in [6, 6.07) is 16.7. The van der Waals surface area contributed by atoms with Gasteiger partial charge in [0.15, 0.2) is 0 Å². The van der Waals surface area contributed by atoms with Crippen LogP contribution in [-0.4, -0.2) is 38.0 Å². The third-order valence-electron chi connectivity index (χ3n) is 5.18. The fraction of sp³-hybridized carbons (Fsp3) is 0.381. The van der Waals surface area contributed by atoms with Gasteiger partial charge in [0.05, 0.1) is 10.9 Å². The second kappa shape index (κ2) is 9.11. The molecule has 1 saturated heterocycles. The standard InChI is InChI=1S/C21H26N2O3S2/c1-16(17-6-4-3-5-7-17)22-21(24)18-12-14-23(15-13-18)28(25,26)20-10-8-19(27-2)9-11-20/h3-11,16,18H,12-15H2,1-2H3,(H,22,24)/t16-/m0/s1. The predicted molar refractivity (Wildman–Crippen MR) is 113 cm³/mol. The van der Waals surface area contributed by atoms with E-state index >= 15 is 0 Å². The van der Waals surface area contributed by atoms with Crippen molar-refractivity contribution in [1.82, 2.24) is 9.62 Å². The number of nitrogens with zero attached hydrogens (tertiary/aromatic N) is 1. The summed E-state index contributed by atoms with van der Waals surface area (Å²) in [7, 11) is -3.51. The summed E-state index contributed by atoms with van der Waals surface area (Å²) in [5.41, 5.74) is 1.06. The summed E-state index contributed by atoms with van der Waals surface area (Å²) in [4.78, 5) is 13.9. The highest BCUT2D eigenvalue weighted by Gasteiger charge is 2.32. The van der Waals surface area contributed by atoms with Gasteiger partial charge in [0, 0.05) is 23.9 Å². The fourth-order valence-electron chi connectivity index (χ4n) is 3.41. The van der Waals surface area contributed by atoms with E-state index in [1.807, 2.05) is 55.6 Å². The number of hydrogen-bond acceptors (Lipinski definition) is 4. The molecule has 0 bridgehead atoms. The van der Waals surface area contributed by atoms with Crippen molar-refractivity contribution in [2.45, 2.75) is 35.6 Å². The van der Waals surface area contributed by atoms with Crippen LogP contribution in [0.15, 0.2) is 64.4 Å². The van der Waals surface area contributed by atoms with Crippen molar-refractivity contribution in [3.8, 4) is 0 Å².